The van der Waals surface area contributed by atoms with Gasteiger partial charge in [0.15, 0.2) is 0 Å². The van der Waals surface area contributed by atoms with E-state index in [1.165, 1.54) is 44.3 Å². The van der Waals surface area contributed by atoms with Crippen LogP contribution < -0.4 is 10.2 Å². The quantitative estimate of drug-likeness (QED) is 0.859. The van der Waals surface area contributed by atoms with Crippen LogP contribution in [0, 0.1) is 0 Å². The first-order valence-corrected chi connectivity index (χ1v) is 7.40. The van der Waals surface area contributed by atoms with Crippen molar-refractivity contribution in [3.05, 3.63) is 30.3 Å². The second-order valence-corrected chi connectivity index (χ2v) is 5.89. The van der Waals surface area contributed by atoms with Crippen LogP contribution >= 0.6 is 0 Å². The summed E-state index contributed by atoms with van der Waals surface area (Å²) in [4.78, 5) is 2.64. The van der Waals surface area contributed by atoms with Crippen molar-refractivity contribution in [2.45, 2.75) is 50.6 Å². The normalized spacial score (nSPS) is 26.7. The van der Waals surface area contributed by atoms with Crippen molar-refractivity contribution in [3.8, 4) is 0 Å². The zero-order valence-corrected chi connectivity index (χ0v) is 11.4. The molecule has 1 spiro atoms. The highest BCUT2D eigenvalue weighted by molar-refractivity contribution is 5.48. The smallest absolute Gasteiger partial charge is 0.0412 e. The molecule has 1 N–H and O–H groups in total. The molecular formula is C16H24N2. The molecule has 1 aromatic carbocycles. The Morgan fingerprint density at radius 2 is 1.94 bits per heavy atom. The number of nitrogens with one attached hydrogen (secondary N) is 1. The number of para-hydroxylation sites is 1. The van der Waals surface area contributed by atoms with Gasteiger partial charge in [-0.1, -0.05) is 38.0 Å². The highest BCUT2D eigenvalue weighted by atomic mass is 15.3. The fourth-order valence-corrected chi connectivity index (χ4v) is 3.63. The Bertz CT molecular complexity index is 381. The summed E-state index contributed by atoms with van der Waals surface area (Å²) in [5, 5.41) is 3.85. The summed E-state index contributed by atoms with van der Waals surface area (Å²) >= 11 is 0. The maximum absolute atomic E-state index is 3.85. The van der Waals surface area contributed by atoms with Gasteiger partial charge in [-0.15, -0.1) is 0 Å². The Morgan fingerprint density at radius 3 is 2.61 bits per heavy atom. The Morgan fingerprint density at radius 1 is 1.22 bits per heavy atom. The predicted octanol–water partition coefficient (Wildman–Crippen LogP) is 3.19. The molecular weight excluding hydrogens is 220 g/mol. The number of nitrogens with zero attached hydrogens (tertiary/aromatic N) is 1. The van der Waals surface area contributed by atoms with Crippen LogP contribution in [-0.4, -0.2) is 24.7 Å². The second-order valence-electron chi connectivity index (χ2n) is 5.89. The van der Waals surface area contributed by atoms with E-state index >= 15 is 0 Å². The summed E-state index contributed by atoms with van der Waals surface area (Å²) in [5.41, 5.74) is 1.80. The van der Waals surface area contributed by atoms with Crippen molar-refractivity contribution in [1.82, 2.24) is 5.32 Å². The molecule has 2 fully saturated rings. The minimum absolute atomic E-state index is 0.404. The summed E-state index contributed by atoms with van der Waals surface area (Å²) in [6, 6.07) is 11.6. The van der Waals surface area contributed by atoms with Crippen LogP contribution in [-0.2, 0) is 0 Å². The van der Waals surface area contributed by atoms with Crippen LogP contribution in [0.25, 0.3) is 0 Å². The van der Waals surface area contributed by atoms with Gasteiger partial charge in [0, 0.05) is 30.4 Å². The summed E-state index contributed by atoms with van der Waals surface area (Å²) in [7, 11) is 0. The van der Waals surface area contributed by atoms with Crippen LogP contribution in [0.5, 0.6) is 0 Å². The van der Waals surface area contributed by atoms with Gasteiger partial charge in [-0.3, -0.25) is 0 Å². The lowest BCUT2D eigenvalue weighted by Gasteiger charge is -2.47. The van der Waals surface area contributed by atoms with Crippen molar-refractivity contribution < 1.29 is 0 Å². The molecule has 1 aromatic rings. The van der Waals surface area contributed by atoms with Gasteiger partial charge in [0.05, 0.1) is 0 Å². The molecule has 0 radical (unpaired) electrons. The third kappa shape index (κ3) is 2.14. The van der Waals surface area contributed by atoms with E-state index < -0.39 is 0 Å². The topological polar surface area (TPSA) is 15.3 Å². The molecule has 3 rings (SSSR count). The van der Waals surface area contributed by atoms with Gasteiger partial charge >= 0.3 is 0 Å². The lowest BCUT2D eigenvalue weighted by molar-refractivity contribution is 0.267. The number of rotatable bonds is 2. The van der Waals surface area contributed by atoms with Gasteiger partial charge < -0.3 is 10.2 Å². The molecule has 1 saturated carbocycles. The Hall–Kier alpha value is -1.02. The Kier molecular flexibility index (Phi) is 3.29. The molecule has 98 valence electrons. The van der Waals surface area contributed by atoms with E-state index in [1.54, 1.807) is 0 Å². The lowest BCUT2D eigenvalue weighted by Crippen LogP contribution is -2.63. The van der Waals surface area contributed by atoms with Crippen molar-refractivity contribution >= 4 is 5.69 Å². The third-order valence-corrected chi connectivity index (χ3v) is 4.75. The number of piperazine rings is 1. The van der Waals surface area contributed by atoms with Crippen LogP contribution in [0.2, 0.25) is 0 Å². The molecule has 0 bridgehead atoms. The number of anilines is 1. The predicted molar refractivity (Wildman–Crippen MR) is 77.1 cm³/mol. The summed E-state index contributed by atoms with van der Waals surface area (Å²) in [5.74, 6) is 0. The average molecular weight is 244 g/mol. The molecule has 2 aliphatic rings. The largest absolute Gasteiger partial charge is 0.365 e. The van der Waals surface area contributed by atoms with Gasteiger partial charge in [-0.05, 0) is 31.4 Å². The average Bonchev–Trinajstić information content (AvgIpc) is 2.88. The highest BCUT2D eigenvalue weighted by Crippen LogP contribution is 2.35. The van der Waals surface area contributed by atoms with Gasteiger partial charge in [-0.2, -0.15) is 0 Å². The molecule has 1 unspecified atom stereocenters. The molecule has 0 aromatic heterocycles. The van der Waals surface area contributed by atoms with Crippen molar-refractivity contribution in [2.24, 2.45) is 0 Å². The Balaban J connectivity index is 1.84. The van der Waals surface area contributed by atoms with Crippen molar-refractivity contribution in [1.29, 1.82) is 0 Å². The van der Waals surface area contributed by atoms with Crippen molar-refractivity contribution in [3.63, 3.8) is 0 Å². The molecule has 18 heavy (non-hydrogen) atoms. The highest BCUT2D eigenvalue weighted by Gasteiger charge is 2.40. The molecule has 2 heteroatoms. The molecule has 1 atom stereocenters. The van der Waals surface area contributed by atoms with E-state index in [9.17, 15) is 0 Å². The number of hydrogen-bond acceptors (Lipinski definition) is 2. The molecule has 2 nitrogen and oxygen atoms in total. The minimum Gasteiger partial charge on any atom is -0.365 e. The fourth-order valence-electron chi connectivity index (χ4n) is 3.63. The first kappa shape index (κ1) is 12.0. The van der Waals surface area contributed by atoms with Gasteiger partial charge in [0.25, 0.3) is 0 Å². The van der Waals surface area contributed by atoms with Crippen LogP contribution in [0.3, 0.4) is 0 Å². The molecule has 0 amide bonds. The second kappa shape index (κ2) is 4.93. The van der Waals surface area contributed by atoms with Crippen LogP contribution in [0.15, 0.2) is 30.3 Å². The fraction of sp³-hybridized carbons (Fsp3) is 0.625. The SMILES string of the molecule is CCC1CNC2(CCCC2)CN1c1ccccc1. The third-order valence-electron chi connectivity index (χ3n) is 4.75. The number of benzene rings is 1. The van der Waals surface area contributed by atoms with E-state index in [4.69, 9.17) is 0 Å². The number of hydrogen-bond donors (Lipinski definition) is 1. The van der Waals surface area contributed by atoms with E-state index in [0.29, 0.717) is 11.6 Å². The minimum atomic E-state index is 0.404. The molecule has 1 aliphatic carbocycles. The van der Waals surface area contributed by atoms with E-state index in [2.05, 4.69) is 47.5 Å². The molecule has 1 heterocycles. The lowest BCUT2D eigenvalue weighted by atomic mass is 9.91. The van der Waals surface area contributed by atoms with Crippen molar-refractivity contribution in [2.75, 3.05) is 18.0 Å². The summed E-state index contributed by atoms with van der Waals surface area (Å²) in [6.07, 6.45) is 6.72. The van der Waals surface area contributed by atoms with E-state index in [1.807, 2.05) is 0 Å². The van der Waals surface area contributed by atoms with E-state index in [-0.39, 0.29) is 0 Å². The maximum Gasteiger partial charge on any atom is 0.0412 e. The maximum atomic E-state index is 3.85. The zero-order valence-electron chi connectivity index (χ0n) is 11.4. The van der Waals surface area contributed by atoms with Gasteiger partial charge in [-0.25, -0.2) is 0 Å². The standard InChI is InChI=1S/C16H24N2/c1-2-14-12-17-16(10-6-7-11-16)13-18(14)15-8-4-3-5-9-15/h3-5,8-9,14,17H,2,6-7,10-13H2,1H3. The first-order chi connectivity index (χ1) is 8.83. The molecule has 1 saturated heterocycles. The van der Waals surface area contributed by atoms with Gasteiger partial charge in [0.2, 0.25) is 0 Å². The van der Waals surface area contributed by atoms with Crippen LogP contribution in [0.4, 0.5) is 5.69 Å². The van der Waals surface area contributed by atoms with E-state index in [0.717, 1.165) is 6.54 Å². The van der Waals surface area contributed by atoms with Gasteiger partial charge in [0.1, 0.15) is 0 Å². The van der Waals surface area contributed by atoms with Crippen LogP contribution in [0.1, 0.15) is 39.0 Å². The Labute approximate surface area is 110 Å². The zero-order chi connectivity index (χ0) is 12.4. The molecule has 1 aliphatic heterocycles. The summed E-state index contributed by atoms with van der Waals surface area (Å²) < 4.78 is 0. The monoisotopic (exact) mass is 244 g/mol. The first-order valence-electron chi connectivity index (χ1n) is 7.40. The summed E-state index contributed by atoms with van der Waals surface area (Å²) in [6.45, 7) is 4.63.